The van der Waals surface area contributed by atoms with Gasteiger partial charge in [0.25, 0.3) is 5.91 Å². The lowest BCUT2D eigenvalue weighted by atomic mass is 10.1. The van der Waals surface area contributed by atoms with Crippen molar-refractivity contribution in [3.63, 3.8) is 0 Å². The fourth-order valence-electron chi connectivity index (χ4n) is 2.01. The van der Waals surface area contributed by atoms with E-state index in [0.717, 1.165) is 6.20 Å². The average molecular weight is 261 g/mol. The second kappa shape index (κ2) is 6.10. The summed E-state index contributed by atoms with van der Waals surface area (Å²) in [6.07, 6.45) is 0.791. The zero-order chi connectivity index (χ0) is 13.7. The summed E-state index contributed by atoms with van der Waals surface area (Å²) in [6.45, 7) is 2.57. The van der Waals surface area contributed by atoms with Crippen molar-refractivity contribution in [2.45, 2.75) is 0 Å². The third kappa shape index (κ3) is 3.38. The topological polar surface area (TPSA) is 75.5 Å². The molecule has 1 fully saturated rings. The van der Waals surface area contributed by atoms with Gasteiger partial charge in [0.2, 0.25) is 6.20 Å². The first-order chi connectivity index (χ1) is 9.18. The van der Waals surface area contributed by atoms with Gasteiger partial charge in [-0.25, -0.2) is 0 Å². The van der Waals surface area contributed by atoms with Crippen LogP contribution < -0.4 is 5.32 Å². The standard InChI is InChI=1S/C13H15N3O3/c17-13(15-8-6-14-7-9-15)12(10-16(18)19)11-4-2-1-3-5-11/h1-5,10,14H,6-9H2. The molecule has 1 aromatic rings. The number of piperazine rings is 1. The van der Waals surface area contributed by atoms with Crippen LogP contribution in [0, 0.1) is 10.1 Å². The monoisotopic (exact) mass is 261 g/mol. The van der Waals surface area contributed by atoms with Crippen LogP contribution in [0.15, 0.2) is 36.5 Å². The molecule has 0 saturated carbocycles. The fraction of sp³-hybridized carbons (Fsp3) is 0.308. The maximum atomic E-state index is 12.4. The van der Waals surface area contributed by atoms with E-state index in [0.29, 0.717) is 31.7 Å². The van der Waals surface area contributed by atoms with Crippen molar-refractivity contribution >= 4 is 11.5 Å². The molecule has 1 aliphatic rings. The van der Waals surface area contributed by atoms with E-state index in [1.54, 1.807) is 29.2 Å². The van der Waals surface area contributed by atoms with E-state index < -0.39 is 4.92 Å². The molecule has 6 heteroatoms. The van der Waals surface area contributed by atoms with Gasteiger partial charge in [0.05, 0.1) is 4.92 Å². The van der Waals surface area contributed by atoms with Crippen molar-refractivity contribution < 1.29 is 9.72 Å². The van der Waals surface area contributed by atoms with Crippen LogP contribution >= 0.6 is 0 Å². The van der Waals surface area contributed by atoms with Gasteiger partial charge in [0.15, 0.2) is 0 Å². The van der Waals surface area contributed by atoms with Crippen LogP contribution in [0.4, 0.5) is 0 Å². The highest BCUT2D eigenvalue weighted by Gasteiger charge is 2.23. The van der Waals surface area contributed by atoms with E-state index >= 15 is 0 Å². The molecule has 1 N–H and O–H groups in total. The van der Waals surface area contributed by atoms with E-state index in [-0.39, 0.29) is 11.5 Å². The Hall–Kier alpha value is -2.21. The number of rotatable bonds is 3. The maximum absolute atomic E-state index is 12.4. The molecule has 0 spiro atoms. The summed E-state index contributed by atoms with van der Waals surface area (Å²) in [4.78, 5) is 24.1. The van der Waals surface area contributed by atoms with Crippen LogP contribution in [0.5, 0.6) is 0 Å². The van der Waals surface area contributed by atoms with E-state index in [9.17, 15) is 14.9 Å². The third-order valence-corrected chi connectivity index (χ3v) is 2.95. The molecule has 0 aliphatic carbocycles. The molecule has 6 nitrogen and oxygen atoms in total. The molecule has 1 aliphatic heterocycles. The molecule has 1 heterocycles. The van der Waals surface area contributed by atoms with Crippen LogP contribution in [0.2, 0.25) is 0 Å². The number of carbonyl (C=O) groups excluding carboxylic acids is 1. The lowest BCUT2D eigenvalue weighted by molar-refractivity contribution is -0.401. The Morgan fingerprint density at radius 3 is 2.47 bits per heavy atom. The zero-order valence-corrected chi connectivity index (χ0v) is 10.4. The number of amides is 1. The zero-order valence-electron chi connectivity index (χ0n) is 10.4. The first-order valence-corrected chi connectivity index (χ1v) is 6.09. The van der Waals surface area contributed by atoms with Crippen LogP contribution in [0.25, 0.3) is 5.57 Å². The predicted octanol–water partition coefficient (Wildman–Crippen LogP) is 0.736. The molecular formula is C13H15N3O3. The molecule has 0 unspecified atom stereocenters. The van der Waals surface area contributed by atoms with Gasteiger partial charge in [-0.3, -0.25) is 14.9 Å². The Bertz CT molecular complexity index is 493. The smallest absolute Gasteiger partial charge is 0.260 e. The predicted molar refractivity (Wildman–Crippen MR) is 70.9 cm³/mol. The van der Waals surface area contributed by atoms with Gasteiger partial charge in [-0.15, -0.1) is 0 Å². The highest BCUT2D eigenvalue weighted by Crippen LogP contribution is 2.17. The van der Waals surface area contributed by atoms with Crippen molar-refractivity contribution in [3.05, 3.63) is 52.2 Å². The molecule has 1 aromatic carbocycles. The first kappa shape index (κ1) is 13.2. The van der Waals surface area contributed by atoms with Crippen LogP contribution in [-0.4, -0.2) is 41.9 Å². The highest BCUT2D eigenvalue weighted by molar-refractivity contribution is 6.19. The Morgan fingerprint density at radius 1 is 1.26 bits per heavy atom. The van der Waals surface area contributed by atoms with Gasteiger partial charge in [-0.1, -0.05) is 30.3 Å². The van der Waals surface area contributed by atoms with Crippen LogP contribution in [0.1, 0.15) is 5.56 Å². The second-order valence-electron chi connectivity index (χ2n) is 4.24. The number of hydrogen-bond acceptors (Lipinski definition) is 4. The minimum Gasteiger partial charge on any atom is -0.336 e. The molecule has 1 amide bonds. The van der Waals surface area contributed by atoms with Crippen molar-refractivity contribution in [1.29, 1.82) is 0 Å². The minimum atomic E-state index is -0.581. The normalized spacial score (nSPS) is 16.2. The van der Waals surface area contributed by atoms with Gasteiger partial charge in [0.1, 0.15) is 5.57 Å². The summed E-state index contributed by atoms with van der Waals surface area (Å²) in [5, 5.41) is 13.9. The highest BCUT2D eigenvalue weighted by atomic mass is 16.6. The second-order valence-corrected chi connectivity index (χ2v) is 4.24. The van der Waals surface area contributed by atoms with E-state index in [2.05, 4.69) is 5.32 Å². The van der Waals surface area contributed by atoms with Gasteiger partial charge >= 0.3 is 0 Å². The Labute approximate surface area is 110 Å². The summed E-state index contributed by atoms with van der Waals surface area (Å²) in [5.74, 6) is -0.288. The van der Waals surface area contributed by atoms with Crippen molar-refractivity contribution in [2.75, 3.05) is 26.2 Å². The fourth-order valence-corrected chi connectivity index (χ4v) is 2.01. The Morgan fingerprint density at radius 2 is 1.89 bits per heavy atom. The quantitative estimate of drug-likeness (QED) is 0.494. The molecule has 2 rings (SSSR count). The van der Waals surface area contributed by atoms with Gasteiger partial charge in [-0.05, 0) is 5.56 Å². The molecule has 100 valence electrons. The minimum absolute atomic E-state index is 0.132. The first-order valence-electron chi connectivity index (χ1n) is 6.09. The Balaban J connectivity index is 2.28. The summed E-state index contributed by atoms with van der Waals surface area (Å²) in [7, 11) is 0. The maximum Gasteiger partial charge on any atom is 0.260 e. The Kier molecular flexibility index (Phi) is 4.25. The van der Waals surface area contributed by atoms with Crippen molar-refractivity contribution in [2.24, 2.45) is 0 Å². The number of nitrogens with zero attached hydrogens (tertiary/aromatic N) is 2. The van der Waals surface area contributed by atoms with Crippen LogP contribution in [-0.2, 0) is 4.79 Å². The van der Waals surface area contributed by atoms with Gasteiger partial charge in [0, 0.05) is 26.2 Å². The number of benzene rings is 1. The van der Waals surface area contributed by atoms with E-state index in [1.807, 2.05) is 6.07 Å². The summed E-state index contributed by atoms with van der Waals surface area (Å²) >= 11 is 0. The van der Waals surface area contributed by atoms with E-state index in [4.69, 9.17) is 0 Å². The molecule has 1 saturated heterocycles. The van der Waals surface area contributed by atoms with E-state index in [1.165, 1.54) is 0 Å². The number of nitrogens with one attached hydrogen (secondary N) is 1. The lowest BCUT2D eigenvalue weighted by Crippen LogP contribution is -2.46. The SMILES string of the molecule is O=C(C(=C[N+](=O)[O-])c1ccccc1)N1CCNCC1. The molecule has 0 bridgehead atoms. The summed E-state index contributed by atoms with van der Waals surface area (Å²) in [6, 6.07) is 8.73. The summed E-state index contributed by atoms with van der Waals surface area (Å²) in [5.41, 5.74) is 0.704. The molecular weight excluding hydrogens is 246 g/mol. The molecule has 0 aromatic heterocycles. The molecule has 0 atom stereocenters. The molecule has 0 radical (unpaired) electrons. The van der Waals surface area contributed by atoms with Gasteiger partial charge in [-0.2, -0.15) is 0 Å². The van der Waals surface area contributed by atoms with Crippen molar-refractivity contribution in [1.82, 2.24) is 10.2 Å². The average Bonchev–Trinajstić information content (AvgIpc) is 2.46. The third-order valence-electron chi connectivity index (χ3n) is 2.95. The van der Waals surface area contributed by atoms with Crippen molar-refractivity contribution in [3.8, 4) is 0 Å². The van der Waals surface area contributed by atoms with Crippen LogP contribution in [0.3, 0.4) is 0 Å². The lowest BCUT2D eigenvalue weighted by Gasteiger charge is -2.27. The number of nitro groups is 1. The summed E-state index contributed by atoms with van der Waals surface area (Å²) < 4.78 is 0. The number of carbonyl (C=O) groups is 1. The largest absolute Gasteiger partial charge is 0.336 e. The van der Waals surface area contributed by atoms with Gasteiger partial charge < -0.3 is 10.2 Å². The molecule has 19 heavy (non-hydrogen) atoms. The number of hydrogen-bond donors (Lipinski definition) is 1.